The van der Waals surface area contributed by atoms with E-state index in [0.717, 1.165) is 6.42 Å². The van der Waals surface area contributed by atoms with Crippen LogP contribution in [0.4, 0.5) is 0 Å². The Balaban J connectivity index is 0.000000342. The standard InChI is InChI=1S/C21H25.C5H5.CH2.Zr/c1-20(2,3)16-7-9-18-14(12-16)11-15-13-17(21(4,5)6)8-10-19(15)18;1-2-4-5-3-1;;/h7-10,12H,11H2,1-6H3;1-5H;1H2;/q2*-1;;+2. The number of hydrogen-bond acceptors (Lipinski definition) is 0. The second kappa shape index (κ2) is 9.36. The zero-order chi connectivity index (χ0) is 20.9. The van der Waals surface area contributed by atoms with Crippen LogP contribution in [-0.2, 0) is 41.5 Å². The molecule has 1 aliphatic rings. The van der Waals surface area contributed by atoms with E-state index in [4.69, 9.17) is 0 Å². The van der Waals surface area contributed by atoms with Crippen LogP contribution in [-0.4, -0.2) is 4.21 Å². The van der Waals surface area contributed by atoms with Crippen LogP contribution in [0.2, 0.25) is 0 Å². The molecule has 0 spiro atoms. The summed E-state index contributed by atoms with van der Waals surface area (Å²) in [6.45, 7) is 13.6. The topological polar surface area (TPSA) is 0 Å². The summed E-state index contributed by atoms with van der Waals surface area (Å²) in [5.41, 5.74) is 8.70. The summed E-state index contributed by atoms with van der Waals surface area (Å²) in [5.74, 6) is 0. The van der Waals surface area contributed by atoms with Crippen LogP contribution in [0, 0.1) is 6.07 Å². The Hall–Kier alpha value is -1.46. The summed E-state index contributed by atoms with van der Waals surface area (Å²) >= 11 is 1.30. The largest absolute Gasteiger partial charge is 0.214 e. The molecule has 0 amide bonds. The molecule has 1 heteroatoms. The molecule has 0 saturated carbocycles. The van der Waals surface area contributed by atoms with Crippen molar-refractivity contribution in [2.24, 2.45) is 0 Å². The maximum atomic E-state index is 3.67. The molecular weight excluding hydrogens is 416 g/mol. The van der Waals surface area contributed by atoms with Gasteiger partial charge in [0, 0.05) is 0 Å². The first-order chi connectivity index (χ1) is 13.2. The van der Waals surface area contributed by atoms with Crippen LogP contribution < -0.4 is 0 Å². The number of fused-ring (bicyclic) bond motifs is 3. The molecule has 0 saturated heterocycles. The second-order valence-corrected chi connectivity index (χ2v) is 9.28. The van der Waals surface area contributed by atoms with Gasteiger partial charge in [0.15, 0.2) is 0 Å². The van der Waals surface area contributed by atoms with Gasteiger partial charge in [-0.15, -0.1) is 11.1 Å². The summed E-state index contributed by atoms with van der Waals surface area (Å²) in [5, 5.41) is 0. The van der Waals surface area contributed by atoms with Crippen molar-refractivity contribution in [1.82, 2.24) is 0 Å². The molecule has 0 atom stereocenters. The Morgan fingerprint density at radius 1 is 0.857 bits per heavy atom. The molecule has 0 radical (unpaired) electrons. The van der Waals surface area contributed by atoms with Crippen molar-refractivity contribution in [1.29, 1.82) is 0 Å². The minimum absolute atomic E-state index is 0.167. The van der Waals surface area contributed by atoms with Gasteiger partial charge in [-0.05, 0) is 28.4 Å². The monoisotopic (exact) mass is 446 g/mol. The summed E-state index contributed by atoms with van der Waals surface area (Å²) < 4.78 is 3.34. The second-order valence-electron chi connectivity index (χ2n) is 9.28. The summed E-state index contributed by atoms with van der Waals surface area (Å²) in [6.07, 6.45) is 1.03. The van der Waals surface area contributed by atoms with E-state index in [1.165, 1.54) is 57.6 Å². The predicted octanol–water partition coefficient (Wildman–Crippen LogP) is 7.02. The zero-order valence-corrected chi connectivity index (χ0v) is 20.6. The SMILES string of the molecule is CC(C)(C)c1[c-]c2c(cc1)-c1ccc(C(C)(C)C)cc1C2.[CH2]=[Zr+2].c1cc[cH-]c1. The van der Waals surface area contributed by atoms with Crippen LogP contribution in [0.5, 0.6) is 0 Å². The van der Waals surface area contributed by atoms with Gasteiger partial charge in [-0.25, -0.2) is 12.1 Å². The average Bonchev–Trinajstić information content (AvgIpc) is 3.32. The van der Waals surface area contributed by atoms with Gasteiger partial charge in [0.1, 0.15) is 0 Å². The molecule has 0 heterocycles. The Morgan fingerprint density at radius 3 is 1.96 bits per heavy atom. The predicted molar refractivity (Wildman–Crippen MR) is 120 cm³/mol. The number of hydrogen-bond donors (Lipinski definition) is 0. The quantitative estimate of drug-likeness (QED) is 0.254. The van der Waals surface area contributed by atoms with Crippen LogP contribution in [0.3, 0.4) is 0 Å². The normalized spacial score (nSPS) is 12.1. The van der Waals surface area contributed by atoms with Crippen molar-refractivity contribution < 1.29 is 24.2 Å². The van der Waals surface area contributed by atoms with E-state index in [9.17, 15) is 0 Å². The van der Waals surface area contributed by atoms with Gasteiger partial charge in [-0.2, -0.15) is 42.0 Å². The molecule has 3 aromatic carbocycles. The first-order valence-corrected chi connectivity index (χ1v) is 11.6. The number of rotatable bonds is 0. The summed E-state index contributed by atoms with van der Waals surface area (Å²) in [7, 11) is 0. The molecule has 0 nitrogen and oxygen atoms in total. The van der Waals surface area contributed by atoms with Gasteiger partial charge >= 0.3 is 28.4 Å². The third-order valence-electron chi connectivity index (χ3n) is 5.02. The molecule has 1 aliphatic carbocycles. The van der Waals surface area contributed by atoms with Gasteiger partial charge < -0.3 is 0 Å². The Morgan fingerprint density at radius 2 is 1.46 bits per heavy atom. The first-order valence-electron chi connectivity index (χ1n) is 9.88. The van der Waals surface area contributed by atoms with Crippen LogP contribution in [0.25, 0.3) is 11.1 Å². The Bertz CT molecular complexity index is 808. The molecule has 0 N–H and O–H groups in total. The fraction of sp³-hybridized carbons (Fsp3) is 0.333. The van der Waals surface area contributed by atoms with Crippen LogP contribution >= 0.6 is 0 Å². The minimum atomic E-state index is 0.167. The van der Waals surface area contributed by atoms with Crippen molar-refractivity contribution >= 4 is 4.21 Å². The summed E-state index contributed by atoms with van der Waals surface area (Å²) in [6, 6.07) is 25.2. The van der Waals surface area contributed by atoms with E-state index < -0.39 is 0 Å². The Kier molecular flexibility index (Phi) is 7.63. The summed E-state index contributed by atoms with van der Waals surface area (Å²) in [4.78, 5) is 0. The van der Waals surface area contributed by atoms with Crippen molar-refractivity contribution in [3.05, 3.63) is 89.0 Å². The molecule has 28 heavy (non-hydrogen) atoms. The third-order valence-corrected chi connectivity index (χ3v) is 5.02. The molecule has 0 aliphatic heterocycles. The number of benzene rings is 2. The van der Waals surface area contributed by atoms with E-state index in [-0.39, 0.29) is 10.8 Å². The van der Waals surface area contributed by atoms with E-state index in [2.05, 4.69) is 82.2 Å². The van der Waals surface area contributed by atoms with Crippen molar-refractivity contribution in [3.8, 4) is 11.1 Å². The van der Waals surface area contributed by atoms with Crippen molar-refractivity contribution in [2.75, 3.05) is 0 Å². The molecule has 4 rings (SSSR count). The molecule has 0 fully saturated rings. The maximum Gasteiger partial charge on any atom is -0.172 e. The van der Waals surface area contributed by atoms with E-state index in [1.807, 2.05) is 30.3 Å². The zero-order valence-electron chi connectivity index (χ0n) is 18.2. The van der Waals surface area contributed by atoms with Crippen LogP contribution in [0.1, 0.15) is 63.8 Å². The smallest absolute Gasteiger partial charge is 0.172 e. The molecule has 0 aromatic heterocycles. The molecule has 144 valence electrons. The van der Waals surface area contributed by atoms with Gasteiger partial charge in [0.25, 0.3) is 0 Å². The Labute approximate surface area is 186 Å². The van der Waals surface area contributed by atoms with Gasteiger partial charge in [-0.3, -0.25) is 0 Å². The van der Waals surface area contributed by atoms with Crippen molar-refractivity contribution in [3.63, 3.8) is 0 Å². The fourth-order valence-electron chi connectivity index (χ4n) is 3.35. The fourth-order valence-corrected chi connectivity index (χ4v) is 3.35. The van der Waals surface area contributed by atoms with E-state index in [1.54, 1.807) is 0 Å². The maximum absolute atomic E-state index is 3.67. The first kappa shape index (κ1) is 22.8. The van der Waals surface area contributed by atoms with Crippen LogP contribution in [0.15, 0.2) is 60.7 Å². The molecular formula is C27H32Zr. The van der Waals surface area contributed by atoms with E-state index >= 15 is 0 Å². The molecule has 3 aromatic rings. The minimum Gasteiger partial charge on any atom is -0.214 e. The van der Waals surface area contributed by atoms with E-state index in [0.29, 0.717) is 0 Å². The third kappa shape index (κ3) is 5.54. The van der Waals surface area contributed by atoms with Crippen molar-refractivity contribution in [2.45, 2.75) is 58.8 Å². The molecule has 0 bridgehead atoms. The average molecular weight is 448 g/mol. The molecule has 0 unspecified atom stereocenters. The van der Waals surface area contributed by atoms with Gasteiger partial charge in [-0.1, -0.05) is 65.3 Å². The van der Waals surface area contributed by atoms with Gasteiger partial charge in [0.05, 0.1) is 0 Å². The van der Waals surface area contributed by atoms with Gasteiger partial charge in [0.2, 0.25) is 0 Å².